The van der Waals surface area contributed by atoms with E-state index in [9.17, 15) is 4.79 Å². The summed E-state index contributed by atoms with van der Waals surface area (Å²) in [5, 5.41) is 6.69. The summed E-state index contributed by atoms with van der Waals surface area (Å²) in [6, 6.07) is 0. The maximum Gasteiger partial charge on any atom is 0.230 e. The van der Waals surface area contributed by atoms with Gasteiger partial charge in [-0.05, 0) is 0 Å². The van der Waals surface area contributed by atoms with Crippen LogP contribution in [0.3, 0.4) is 0 Å². The number of hydrogen-bond acceptors (Lipinski definition) is 4. The van der Waals surface area contributed by atoms with E-state index in [1.54, 1.807) is 6.92 Å². The molecule has 5 nitrogen and oxygen atoms in total. The number of rotatable bonds is 4. The Balaban J connectivity index is 2.24. The second kappa shape index (κ2) is 4.96. The van der Waals surface area contributed by atoms with Crippen molar-refractivity contribution in [2.75, 3.05) is 11.9 Å². The summed E-state index contributed by atoms with van der Waals surface area (Å²) in [7, 11) is 0. The lowest BCUT2D eigenvalue weighted by Crippen LogP contribution is -2.26. The molecular weight excluding hydrogens is 238 g/mol. The first-order valence-electron chi connectivity index (χ1n) is 3.84. The first-order valence-corrected chi connectivity index (χ1v) is 4.96. The number of carbonyl (C=O) groups excluding carboxylic acids is 1. The van der Waals surface area contributed by atoms with Crippen LogP contribution in [0, 0.1) is 6.92 Å². The maximum absolute atomic E-state index is 10.8. The van der Waals surface area contributed by atoms with Gasteiger partial charge in [0.25, 0.3) is 0 Å². The number of amides is 1. The maximum atomic E-state index is 10.8. The molecule has 0 aliphatic heterocycles. The second-order valence-corrected chi connectivity index (χ2v) is 3.02. The van der Waals surface area contributed by atoms with E-state index in [2.05, 4.69) is 31.4 Å². The Morgan fingerprint density at radius 1 is 1.69 bits per heavy atom. The average Bonchev–Trinajstić information content (AvgIpc) is 2.51. The van der Waals surface area contributed by atoms with E-state index in [0.29, 0.717) is 30.0 Å². The molecule has 0 unspecified atom stereocenters. The monoisotopic (exact) mass is 247 g/mol. The van der Waals surface area contributed by atoms with Crippen LogP contribution in [0.4, 0.5) is 0 Å². The zero-order valence-electron chi connectivity index (χ0n) is 7.21. The van der Waals surface area contributed by atoms with Gasteiger partial charge in [0.2, 0.25) is 11.8 Å². The van der Waals surface area contributed by atoms with Crippen molar-refractivity contribution in [1.82, 2.24) is 15.5 Å². The summed E-state index contributed by atoms with van der Waals surface area (Å²) >= 11 is 3.04. The van der Waals surface area contributed by atoms with Crippen LogP contribution in [-0.2, 0) is 11.2 Å². The molecule has 1 amide bonds. The van der Waals surface area contributed by atoms with Crippen molar-refractivity contribution in [3.63, 3.8) is 0 Å². The number of aromatic nitrogens is 2. The van der Waals surface area contributed by atoms with E-state index in [4.69, 9.17) is 4.52 Å². The van der Waals surface area contributed by atoms with E-state index < -0.39 is 0 Å². The fourth-order valence-corrected chi connectivity index (χ4v) is 1.00. The number of hydrogen-bond donors (Lipinski definition) is 1. The van der Waals surface area contributed by atoms with Crippen LogP contribution in [-0.4, -0.2) is 27.9 Å². The summed E-state index contributed by atoms with van der Waals surface area (Å²) < 4.78 is 4.77. The highest BCUT2D eigenvalue weighted by Crippen LogP contribution is 1.94. The van der Waals surface area contributed by atoms with E-state index in [1.165, 1.54) is 0 Å². The zero-order valence-corrected chi connectivity index (χ0v) is 8.80. The third-order valence-corrected chi connectivity index (χ3v) is 1.87. The molecule has 1 aromatic heterocycles. The highest BCUT2D eigenvalue weighted by atomic mass is 79.9. The standard InChI is InChI=1S/C7H10BrN3O2/c1-5-10-6(11-13-5)2-3-9-7(12)4-8/h2-4H2,1H3,(H,9,12). The second-order valence-electron chi connectivity index (χ2n) is 2.46. The fourth-order valence-electron chi connectivity index (χ4n) is 0.804. The van der Waals surface area contributed by atoms with Crippen molar-refractivity contribution >= 4 is 21.8 Å². The number of nitrogens with one attached hydrogen (secondary N) is 1. The first kappa shape index (κ1) is 10.2. The SMILES string of the molecule is Cc1nc(CCNC(=O)CBr)no1. The Labute approximate surface area is 84.0 Å². The van der Waals surface area contributed by atoms with Crippen LogP contribution in [0.5, 0.6) is 0 Å². The molecule has 0 atom stereocenters. The zero-order chi connectivity index (χ0) is 9.68. The van der Waals surface area contributed by atoms with Crippen LogP contribution in [0.15, 0.2) is 4.52 Å². The van der Waals surface area contributed by atoms with Crippen molar-refractivity contribution in [2.45, 2.75) is 13.3 Å². The predicted octanol–water partition coefficient (Wildman–Crippen LogP) is 0.432. The number of aryl methyl sites for hydroxylation is 1. The first-order chi connectivity index (χ1) is 6.22. The van der Waals surface area contributed by atoms with Gasteiger partial charge in [0, 0.05) is 19.9 Å². The summed E-state index contributed by atoms with van der Waals surface area (Å²) in [4.78, 5) is 14.8. The highest BCUT2D eigenvalue weighted by Gasteiger charge is 2.02. The Kier molecular flexibility index (Phi) is 3.88. The van der Waals surface area contributed by atoms with Crippen LogP contribution >= 0.6 is 15.9 Å². The van der Waals surface area contributed by atoms with Gasteiger partial charge in [-0.2, -0.15) is 4.98 Å². The van der Waals surface area contributed by atoms with Crippen LogP contribution in [0.1, 0.15) is 11.7 Å². The largest absolute Gasteiger partial charge is 0.355 e. The molecule has 0 aliphatic rings. The number of nitrogens with zero attached hydrogens (tertiary/aromatic N) is 2. The number of halogens is 1. The van der Waals surface area contributed by atoms with Gasteiger partial charge in [-0.3, -0.25) is 4.79 Å². The van der Waals surface area contributed by atoms with E-state index >= 15 is 0 Å². The molecule has 0 aromatic carbocycles. The quantitative estimate of drug-likeness (QED) is 0.784. The van der Waals surface area contributed by atoms with Gasteiger partial charge in [-0.15, -0.1) is 0 Å². The van der Waals surface area contributed by atoms with E-state index in [0.717, 1.165) is 0 Å². The van der Waals surface area contributed by atoms with Gasteiger partial charge in [-0.1, -0.05) is 21.1 Å². The third kappa shape index (κ3) is 3.54. The molecular formula is C7H10BrN3O2. The Hall–Kier alpha value is -0.910. The molecule has 1 aromatic rings. The van der Waals surface area contributed by atoms with Crippen LogP contribution in [0.25, 0.3) is 0 Å². The smallest absolute Gasteiger partial charge is 0.230 e. The fraction of sp³-hybridized carbons (Fsp3) is 0.571. The van der Waals surface area contributed by atoms with Crippen LogP contribution < -0.4 is 5.32 Å². The van der Waals surface area contributed by atoms with Gasteiger partial charge in [0.05, 0.1) is 5.33 Å². The van der Waals surface area contributed by atoms with Gasteiger partial charge >= 0.3 is 0 Å². The minimum atomic E-state index is -0.0415. The third-order valence-electron chi connectivity index (χ3n) is 1.36. The number of carbonyl (C=O) groups is 1. The molecule has 6 heteroatoms. The Morgan fingerprint density at radius 3 is 3.00 bits per heavy atom. The summed E-state index contributed by atoms with van der Waals surface area (Å²) in [5.41, 5.74) is 0. The van der Waals surface area contributed by atoms with Gasteiger partial charge in [-0.25, -0.2) is 0 Å². The topological polar surface area (TPSA) is 68.0 Å². The molecule has 0 saturated carbocycles. The lowest BCUT2D eigenvalue weighted by Gasteiger charge is -1.98. The molecule has 0 radical (unpaired) electrons. The van der Waals surface area contributed by atoms with E-state index in [1.807, 2.05) is 0 Å². The molecule has 1 rings (SSSR count). The lowest BCUT2D eigenvalue weighted by molar-refractivity contribution is -0.118. The minimum Gasteiger partial charge on any atom is -0.355 e. The highest BCUT2D eigenvalue weighted by molar-refractivity contribution is 9.09. The summed E-state index contributed by atoms with van der Waals surface area (Å²) in [6.07, 6.45) is 0.593. The molecule has 13 heavy (non-hydrogen) atoms. The molecule has 0 saturated heterocycles. The van der Waals surface area contributed by atoms with E-state index in [-0.39, 0.29) is 5.91 Å². The van der Waals surface area contributed by atoms with Crippen LogP contribution in [0.2, 0.25) is 0 Å². The van der Waals surface area contributed by atoms with Gasteiger partial charge < -0.3 is 9.84 Å². The molecule has 0 bridgehead atoms. The molecule has 0 aliphatic carbocycles. The van der Waals surface area contributed by atoms with Gasteiger partial charge in [0.1, 0.15) is 0 Å². The lowest BCUT2D eigenvalue weighted by atomic mass is 10.4. The Bertz CT molecular complexity index is 287. The van der Waals surface area contributed by atoms with Crippen molar-refractivity contribution in [1.29, 1.82) is 0 Å². The normalized spacial score (nSPS) is 10.0. The molecule has 72 valence electrons. The van der Waals surface area contributed by atoms with Crippen molar-refractivity contribution < 1.29 is 9.32 Å². The summed E-state index contributed by atoms with van der Waals surface area (Å²) in [5.74, 6) is 1.12. The predicted molar refractivity (Wildman–Crippen MR) is 49.5 cm³/mol. The van der Waals surface area contributed by atoms with Crippen molar-refractivity contribution in [3.8, 4) is 0 Å². The Morgan fingerprint density at radius 2 is 2.46 bits per heavy atom. The average molecular weight is 248 g/mol. The summed E-state index contributed by atoms with van der Waals surface area (Å²) in [6.45, 7) is 2.26. The molecule has 0 spiro atoms. The van der Waals surface area contributed by atoms with Gasteiger partial charge in [0.15, 0.2) is 5.82 Å². The van der Waals surface area contributed by atoms with Crippen molar-refractivity contribution in [2.24, 2.45) is 0 Å². The molecule has 1 heterocycles. The molecule has 1 N–H and O–H groups in total. The van der Waals surface area contributed by atoms with Crippen molar-refractivity contribution in [3.05, 3.63) is 11.7 Å². The molecule has 0 fully saturated rings. The number of alkyl halides is 1. The minimum absolute atomic E-state index is 0.0415.